The summed E-state index contributed by atoms with van der Waals surface area (Å²) in [7, 11) is 0. The quantitative estimate of drug-likeness (QED) is 0.806. The molecule has 2 aliphatic rings. The molecule has 3 atom stereocenters. The van der Waals surface area contributed by atoms with Gasteiger partial charge in [-0.3, -0.25) is 4.68 Å². The fourth-order valence-corrected chi connectivity index (χ4v) is 4.19. The molecule has 0 saturated heterocycles. The van der Waals surface area contributed by atoms with Gasteiger partial charge in [-0.1, -0.05) is 20.8 Å². The first-order valence-corrected chi connectivity index (χ1v) is 6.42. The van der Waals surface area contributed by atoms with E-state index in [1.165, 1.54) is 19.3 Å². The second-order valence-corrected chi connectivity index (χ2v) is 6.57. The van der Waals surface area contributed by atoms with E-state index in [0.717, 1.165) is 5.92 Å². The number of hydrogen-bond acceptors (Lipinski definition) is 1. The predicted octanol–water partition coefficient (Wildman–Crippen LogP) is 3.25. The smallest absolute Gasteiger partial charge is 0.0531 e. The molecule has 2 heteroatoms. The summed E-state index contributed by atoms with van der Waals surface area (Å²) in [4.78, 5) is 0. The molecule has 1 heterocycles. The minimum atomic E-state index is 0.428. The van der Waals surface area contributed by atoms with Crippen molar-refractivity contribution in [3.05, 3.63) is 24.5 Å². The van der Waals surface area contributed by atoms with Crippen molar-refractivity contribution >= 4 is 0 Å². The molecule has 3 rings (SSSR count). The molecule has 2 nitrogen and oxygen atoms in total. The first kappa shape index (κ1) is 10.2. The summed E-state index contributed by atoms with van der Waals surface area (Å²) >= 11 is 0. The Bertz CT molecular complexity index is 375. The highest BCUT2D eigenvalue weighted by Crippen LogP contribution is 2.62. The first-order chi connectivity index (χ1) is 7.52. The fourth-order valence-electron chi connectivity index (χ4n) is 4.19. The lowest BCUT2D eigenvalue weighted by Crippen LogP contribution is -2.48. The summed E-state index contributed by atoms with van der Waals surface area (Å²) in [6, 6.07) is 4.76. The van der Waals surface area contributed by atoms with Crippen molar-refractivity contribution < 1.29 is 0 Å². The van der Waals surface area contributed by atoms with Crippen molar-refractivity contribution in [2.75, 3.05) is 5.43 Å². The maximum atomic E-state index is 3.70. The van der Waals surface area contributed by atoms with Gasteiger partial charge in [-0.05, 0) is 48.1 Å². The normalized spacial score (nSPS) is 40.2. The van der Waals surface area contributed by atoms with Gasteiger partial charge in [-0.15, -0.1) is 0 Å². The molecule has 2 aliphatic carbocycles. The van der Waals surface area contributed by atoms with Gasteiger partial charge in [0.15, 0.2) is 0 Å². The van der Waals surface area contributed by atoms with Crippen LogP contribution in [-0.2, 0) is 0 Å². The van der Waals surface area contributed by atoms with E-state index in [0.29, 0.717) is 16.9 Å². The van der Waals surface area contributed by atoms with E-state index < -0.39 is 0 Å². The highest BCUT2D eigenvalue weighted by molar-refractivity contribution is 5.16. The second-order valence-electron chi connectivity index (χ2n) is 6.57. The van der Waals surface area contributed by atoms with Gasteiger partial charge in [0.25, 0.3) is 0 Å². The van der Waals surface area contributed by atoms with Crippen molar-refractivity contribution in [2.24, 2.45) is 16.7 Å². The van der Waals surface area contributed by atoms with Crippen molar-refractivity contribution in [2.45, 2.75) is 46.1 Å². The van der Waals surface area contributed by atoms with E-state index in [2.05, 4.69) is 55.4 Å². The molecule has 2 saturated carbocycles. The molecule has 88 valence electrons. The lowest BCUT2D eigenvalue weighted by molar-refractivity contribution is 0.145. The summed E-state index contributed by atoms with van der Waals surface area (Å²) < 4.78 is 2.12. The average molecular weight is 218 g/mol. The van der Waals surface area contributed by atoms with Crippen LogP contribution in [0.5, 0.6) is 0 Å². The Morgan fingerprint density at radius 1 is 1.19 bits per heavy atom. The fraction of sp³-hybridized carbons (Fsp3) is 0.714. The van der Waals surface area contributed by atoms with Crippen LogP contribution in [0.15, 0.2) is 24.5 Å². The van der Waals surface area contributed by atoms with Gasteiger partial charge in [-0.2, -0.15) is 0 Å². The monoisotopic (exact) mass is 218 g/mol. The van der Waals surface area contributed by atoms with Crippen LogP contribution in [0.2, 0.25) is 0 Å². The minimum absolute atomic E-state index is 0.428. The highest BCUT2D eigenvalue weighted by Gasteiger charge is 2.59. The third-order valence-corrected chi connectivity index (χ3v) is 5.15. The van der Waals surface area contributed by atoms with Crippen LogP contribution in [0.4, 0.5) is 0 Å². The topological polar surface area (TPSA) is 17.0 Å². The third kappa shape index (κ3) is 1.25. The molecule has 1 N–H and O–H groups in total. The number of hydrogen-bond donors (Lipinski definition) is 1. The van der Waals surface area contributed by atoms with Crippen molar-refractivity contribution in [3.8, 4) is 0 Å². The summed E-state index contributed by atoms with van der Waals surface area (Å²) in [6.45, 7) is 7.33. The molecule has 1 aromatic heterocycles. The third-order valence-electron chi connectivity index (χ3n) is 5.15. The highest BCUT2D eigenvalue weighted by atomic mass is 15.4. The molecule has 0 spiro atoms. The molecule has 2 fully saturated rings. The van der Waals surface area contributed by atoms with Crippen LogP contribution < -0.4 is 5.43 Å². The molecular weight excluding hydrogens is 196 g/mol. The van der Waals surface area contributed by atoms with Gasteiger partial charge in [0.2, 0.25) is 0 Å². The number of fused-ring (bicyclic) bond motifs is 2. The van der Waals surface area contributed by atoms with Gasteiger partial charge in [-0.25, -0.2) is 0 Å². The van der Waals surface area contributed by atoms with Gasteiger partial charge in [0, 0.05) is 12.4 Å². The minimum Gasteiger partial charge on any atom is -0.322 e. The van der Waals surface area contributed by atoms with Gasteiger partial charge in [0.05, 0.1) is 6.04 Å². The molecule has 0 amide bonds. The molecule has 2 bridgehead atoms. The SMILES string of the molecule is CC12CCC(C1)C(C)(C)C2Nn1cccc1. The van der Waals surface area contributed by atoms with Crippen LogP contribution in [0, 0.1) is 16.7 Å². The summed E-state index contributed by atoms with van der Waals surface area (Å²) in [5.74, 6) is 0.908. The lowest BCUT2D eigenvalue weighted by Gasteiger charge is -2.43. The van der Waals surface area contributed by atoms with E-state index in [1.54, 1.807) is 0 Å². The van der Waals surface area contributed by atoms with Gasteiger partial charge in [0.1, 0.15) is 0 Å². The molecule has 0 aromatic carbocycles. The Hall–Kier alpha value is -0.920. The Kier molecular flexibility index (Phi) is 1.96. The van der Waals surface area contributed by atoms with Crippen LogP contribution >= 0.6 is 0 Å². The Balaban J connectivity index is 1.88. The molecule has 0 aliphatic heterocycles. The molecule has 16 heavy (non-hydrogen) atoms. The zero-order valence-corrected chi connectivity index (χ0v) is 10.5. The van der Waals surface area contributed by atoms with Crippen LogP contribution in [0.25, 0.3) is 0 Å². The number of rotatable bonds is 2. The summed E-state index contributed by atoms with van der Waals surface area (Å²) in [6.07, 6.45) is 8.42. The number of nitrogens with zero attached hydrogens (tertiary/aromatic N) is 1. The van der Waals surface area contributed by atoms with Gasteiger partial charge < -0.3 is 5.43 Å². The largest absolute Gasteiger partial charge is 0.322 e. The van der Waals surface area contributed by atoms with E-state index in [4.69, 9.17) is 0 Å². The lowest BCUT2D eigenvalue weighted by atomic mass is 9.69. The Morgan fingerprint density at radius 3 is 2.44 bits per heavy atom. The molecular formula is C14H22N2. The standard InChI is InChI=1S/C14H22N2/c1-13(2)11-6-7-14(3,10-11)12(13)15-16-8-4-5-9-16/h4-5,8-9,11-12,15H,6-7,10H2,1-3H3. The number of aromatic nitrogens is 1. The van der Waals surface area contributed by atoms with Gasteiger partial charge >= 0.3 is 0 Å². The maximum Gasteiger partial charge on any atom is 0.0531 e. The Labute approximate surface area is 98.0 Å². The van der Waals surface area contributed by atoms with Crippen LogP contribution in [0.1, 0.15) is 40.0 Å². The van der Waals surface area contributed by atoms with E-state index in [-0.39, 0.29) is 0 Å². The number of nitrogens with one attached hydrogen (secondary N) is 1. The Morgan fingerprint density at radius 2 is 1.88 bits per heavy atom. The zero-order valence-electron chi connectivity index (χ0n) is 10.5. The van der Waals surface area contributed by atoms with E-state index >= 15 is 0 Å². The van der Waals surface area contributed by atoms with Crippen LogP contribution in [0.3, 0.4) is 0 Å². The average Bonchev–Trinajstić information content (AvgIpc) is 2.85. The molecule has 1 aromatic rings. The first-order valence-electron chi connectivity index (χ1n) is 6.42. The summed E-state index contributed by atoms with van der Waals surface area (Å²) in [5.41, 5.74) is 4.63. The molecule has 3 unspecified atom stereocenters. The van der Waals surface area contributed by atoms with E-state index in [9.17, 15) is 0 Å². The van der Waals surface area contributed by atoms with Crippen LogP contribution in [-0.4, -0.2) is 10.7 Å². The van der Waals surface area contributed by atoms with Crippen molar-refractivity contribution in [1.82, 2.24) is 4.68 Å². The predicted molar refractivity (Wildman–Crippen MR) is 66.8 cm³/mol. The molecule has 0 radical (unpaired) electrons. The zero-order chi connectivity index (χ0) is 11.4. The summed E-state index contributed by atoms with van der Waals surface area (Å²) in [5, 5.41) is 0. The van der Waals surface area contributed by atoms with E-state index in [1.807, 2.05) is 0 Å². The maximum absolute atomic E-state index is 3.70. The second kappa shape index (κ2) is 3.06. The van der Waals surface area contributed by atoms with Crippen molar-refractivity contribution in [1.29, 1.82) is 0 Å². The van der Waals surface area contributed by atoms with Crippen molar-refractivity contribution in [3.63, 3.8) is 0 Å².